The van der Waals surface area contributed by atoms with Crippen LogP contribution in [0.5, 0.6) is 0 Å². The number of hydrogen-bond acceptors (Lipinski definition) is 3. The number of benzene rings is 2. The lowest BCUT2D eigenvalue weighted by Gasteiger charge is -2.50. The van der Waals surface area contributed by atoms with E-state index in [-0.39, 0.29) is 23.5 Å². The summed E-state index contributed by atoms with van der Waals surface area (Å²) in [6.45, 7) is 7.95. The lowest BCUT2D eigenvalue weighted by Crippen LogP contribution is -2.63. The number of likely N-dealkylation sites (tertiary alicyclic amines) is 1. The van der Waals surface area contributed by atoms with E-state index in [2.05, 4.69) is 49.1 Å². The van der Waals surface area contributed by atoms with Crippen LogP contribution in [0.4, 0.5) is 5.69 Å². The number of ether oxygens (including phenoxy) is 1. The molecular formula is C25H32N2O2. The zero-order valence-electron chi connectivity index (χ0n) is 17.6. The number of piperidine rings is 1. The second-order valence-electron chi connectivity index (χ2n) is 8.80. The number of nitrogens with zero attached hydrogens (tertiary/aromatic N) is 2. The van der Waals surface area contributed by atoms with Crippen LogP contribution in [-0.2, 0) is 16.0 Å². The molecule has 0 aromatic heterocycles. The molecule has 1 spiro atoms. The van der Waals surface area contributed by atoms with Gasteiger partial charge in [-0.2, -0.15) is 0 Å². The molecule has 154 valence electrons. The van der Waals surface area contributed by atoms with Crippen molar-refractivity contribution in [2.45, 2.75) is 44.8 Å². The van der Waals surface area contributed by atoms with E-state index in [4.69, 9.17) is 4.74 Å². The number of para-hydroxylation sites is 1. The normalized spacial score (nSPS) is 22.4. The van der Waals surface area contributed by atoms with Gasteiger partial charge in [-0.1, -0.05) is 62.4 Å². The van der Waals surface area contributed by atoms with Gasteiger partial charge in [0.05, 0.1) is 12.1 Å². The van der Waals surface area contributed by atoms with Crippen LogP contribution in [-0.4, -0.2) is 48.7 Å². The highest BCUT2D eigenvalue weighted by molar-refractivity contribution is 5.97. The molecule has 2 heterocycles. The topological polar surface area (TPSA) is 32.8 Å². The Morgan fingerprint density at radius 1 is 1.00 bits per heavy atom. The molecule has 2 aromatic rings. The van der Waals surface area contributed by atoms with Gasteiger partial charge in [-0.3, -0.25) is 4.79 Å². The molecule has 29 heavy (non-hydrogen) atoms. The molecule has 2 saturated heterocycles. The monoisotopic (exact) mass is 392 g/mol. The molecule has 0 N–H and O–H groups in total. The number of morpholine rings is 1. The Balaban J connectivity index is 1.43. The molecule has 0 bridgehead atoms. The van der Waals surface area contributed by atoms with Crippen LogP contribution < -0.4 is 4.90 Å². The third-order valence-electron chi connectivity index (χ3n) is 6.33. The van der Waals surface area contributed by atoms with Gasteiger partial charge in [0, 0.05) is 25.3 Å². The van der Waals surface area contributed by atoms with Gasteiger partial charge in [0.25, 0.3) is 5.91 Å². The fourth-order valence-corrected chi connectivity index (χ4v) is 4.52. The van der Waals surface area contributed by atoms with Gasteiger partial charge in [-0.05, 0) is 42.9 Å². The van der Waals surface area contributed by atoms with E-state index in [1.165, 1.54) is 5.56 Å². The third-order valence-corrected chi connectivity index (χ3v) is 6.33. The molecule has 1 amide bonds. The van der Waals surface area contributed by atoms with Crippen molar-refractivity contribution in [3.63, 3.8) is 0 Å². The Morgan fingerprint density at radius 3 is 2.24 bits per heavy atom. The van der Waals surface area contributed by atoms with Gasteiger partial charge < -0.3 is 14.5 Å². The van der Waals surface area contributed by atoms with E-state index in [0.717, 1.165) is 44.6 Å². The van der Waals surface area contributed by atoms with Gasteiger partial charge in [0.2, 0.25) is 0 Å². The van der Waals surface area contributed by atoms with Crippen LogP contribution in [0.25, 0.3) is 0 Å². The maximum absolute atomic E-state index is 13.1. The van der Waals surface area contributed by atoms with Crippen LogP contribution in [0.2, 0.25) is 0 Å². The van der Waals surface area contributed by atoms with E-state index in [0.29, 0.717) is 6.54 Å². The Hall–Kier alpha value is -2.17. The van der Waals surface area contributed by atoms with Crippen molar-refractivity contribution in [1.82, 2.24) is 4.90 Å². The molecule has 1 unspecified atom stereocenters. The van der Waals surface area contributed by atoms with E-state index in [1.807, 2.05) is 35.2 Å². The van der Waals surface area contributed by atoms with Crippen LogP contribution in [0.15, 0.2) is 60.7 Å². The first kappa shape index (κ1) is 20.1. The molecule has 4 rings (SSSR count). The van der Waals surface area contributed by atoms with Crippen molar-refractivity contribution in [1.29, 1.82) is 0 Å². The van der Waals surface area contributed by atoms with Crippen molar-refractivity contribution < 1.29 is 9.53 Å². The Morgan fingerprint density at radius 2 is 1.62 bits per heavy atom. The minimum Gasteiger partial charge on any atom is -0.360 e. The molecular weight excluding hydrogens is 360 g/mol. The quantitative estimate of drug-likeness (QED) is 0.766. The van der Waals surface area contributed by atoms with Gasteiger partial charge >= 0.3 is 0 Å². The summed E-state index contributed by atoms with van der Waals surface area (Å²) in [6.07, 6.45) is 2.67. The first-order valence-electron chi connectivity index (χ1n) is 10.9. The number of amides is 1. The van der Waals surface area contributed by atoms with Crippen molar-refractivity contribution in [2.75, 3.05) is 31.1 Å². The predicted molar refractivity (Wildman–Crippen MR) is 117 cm³/mol. The van der Waals surface area contributed by atoms with E-state index in [1.54, 1.807) is 0 Å². The van der Waals surface area contributed by atoms with Crippen molar-refractivity contribution >= 4 is 11.6 Å². The first-order chi connectivity index (χ1) is 14.1. The number of rotatable bonds is 5. The predicted octanol–water partition coefficient (Wildman–Crippen LogP) is 4.15. The van der Waals surface area contributed by atoms with Gasteiger partial charge in [-0.15, -0.1) is 0 Å². The fourth-order valence-electron chi connectivity index (χ4n) is 4.52. The Kier molecular flexibility index (Phi) is 6.02. The largest absolute Gasteiger partial charge is 0.360 e. The molecule has 2 aliphatic heterocycles. The molecule has 2 fully saturated rings. The van der Waals surface area contributed by atoms with Gasteiger partial charge in [-0.25, -0.2) is 0 Å². The number of anilines is 1. The van der Waals surface area contributed by atoms with Gasteiger partial charge in [0.15, 0.2) is 0 Å². The van der Waals surface area contributed by atoms with Crippen LogP contribution >= 0.6 is 0 Å². The van der Waals surface area contributed by atoms with E-state index < -0.39 is 0 Å². The van der Waals surface area contributed by atoms with Crippen LogP contribution in [0.3, 0.4) is 0 Å². The second kappa shape index (κ2) is 8.68. The zero-order chi connectivity index (χ0) is 20.3. The van der Waals surface area contributed by atoms with E-state index in [9.17, 15) is 4.79 Å². The summed E-state index contributed by atoms with van der Waals surface area (Å²) in [5.74, 6) is 0.269. The summed E-state index contributed by atoms with van der Waals surface area (Å²) < 4.78 is 6.53. The first-order valence-corrected chi connectivity index (χ1v) is 10.9. The standard InChI is InChI=1S/C25H32N2O2/c1-20(2)23-24(28)27(22-11-7-4-8-12-22)19-25(29-23)14-17-26(18-15-25)16-13-21-9-5-3-6-10-21/h3-12,20,23H,13-19H2,1-2H3. The van der Waals surface area contributed by atoms with Gasteiger partial charge in [0.1, 0.15) is 6.10 Å². The second-order valence-corrected chi connectivity index (χ2v) is 8.80. The molecule has 4 heteroatoms. The average Bonchev–Trinajstić information content (AvgIpc) is 2.76. The molecule has 2 aliphatic rings. The maximum Gasteiger partial charge on any atom is 0.256 e. The Bertz CT molecular complexity index is 798. The number of hydrogen-bond donors (Lipinski definition) is 0. The molecule has 0 radical (unpaired) electrons. The smallest absolute Gasteiger partial charge is 0.256 e. The summed E-state index contributed by atoms with van der Waals surface area (Å²) >= 11 is 0. The maximum atomic E-state index is 13.1. The fraction of sp³-hybridized carbons (Fsp3) is 0.480. The summed E-state index contributed by atoms with van der Waals surface area (Å²) in [7, 11) is 0. The lowest BCUT2D eigenvalue weighted by atomic mass is 9.86. The van der Waals surface area contributed by atoms with Crippen molar-refractivity contribution in [3.8, 4) is 0 Å². The highest BCUT2D eigenvalue weighted by atomic mass is 16.5. The summed E-state index contributed by atoms with van der Waals surface area (Å²) in [5.41, 5.74) is 2.14. The highest BCUT2D eigenvalue weighted by Gasteiger charge is 2.47. The minimum absolute atomic E-state index is 0.100. The van der Waals surface area contributed by atoms with Crippen molar-refractivity contribution in [3.05, 3.63) is 66.2 Å². The van der Waals surface area contributed by atoms with Crippen molar-refractivity contribution in [2.24, 2.45) is 5.92 Å². The minimum atomic E-state index is -0.361. The molecule has 0 aliphatic carbocycles. The lowest BCUT2D eigenvalue weighted by molar-refractivity contribution is -0.171. The highest BCUT2D eigenvalue weighted by Crippen LogP contribution is 2.36. The van der Waals surface area contributed by atoms with Crippen LogP contribution in [0, 0.1) is 5.92 Å². The van der Waals surface area contributed by atoms with E-state index >= 15 is 0 Å². The molecule has 2 aromatic carbocycles. The zero-order valence-corrected chi connectivity index (χ0v) is 17.6. The molecule has 0 saturated carbocycles. The number of carbonyl (C=O) groups excluding carboxylic acids is 1. The molecule has 4 nitrogen and oxygen atoms in total. The Labute approximate surface area is 174 Å². The summed E-state index contributed by atoms with van der Waals surface area (Å²) in [4.78, 5) is 17.6. The SMILES string of the molecule is CC(C)C1OC2(CCN(CCc3ccccc3)CC2)CN(c2ccccc2)C1=O. The average molecular weight is 393 g/mol. The molecule has 1 atom stereocenters. The third kappa shape index (κ3) is 4.54. The van der Waals surface area contributed by atoms with Crippen LogP contribution in [0.1, 0.15) is 32.3 Å². The number of carbonyl (C=O) groups is 1. The summed E-state index contributed by atoms with van der Waals surface area (Å²) in [5, 5.41) is 0. The summed E-state index contributed by atoms with van der Waals surface area (Å²) in [6, 6.07) is 20.7.